The van der Waals surface area contributed by atoms with Crippen LogP contribution in [-0.4, -0.2) is 4.98 Å². The topological polar surface area (TPSA) is 15.8 Å². The molecule has 0 atom stereocenters. The van der Waals surface area contributed by atoms with Crippen LogP contribution in [0.15, 0.2) is 24.5 Å². The monoisotopic (exact) mass is 98.0 g/mol. The summed E-state index contributed by atoms with van der Waals surface area (Å²) < 4.78 is 0. The second-order valence-electron chi connectivity index (χ2n) is 0.885. The van der Waals surface area contributed by atoms with Crippen molar-refractivity contribution in [1.82, 2.24) is 4.98 Å². The first-order valence-electron chi connectivity index (χ1n) is 1.58. The molecule has 0 unspecified atom stereocenters. The largest absolute Gasteiger partial charge is 0.368 e. The lowest BCUT2D eigenvalue weighted by atomic mass is 10.7. The molecule has 0 saturated carbocycles. The first kappa shape index (κ1) is 5.71. The van der Waals surface area contributed by atoms with Gasteiger partial charge in [-0.05, 0) is 12.1 Å². The van der Waals surface area contributed by atoms with Crippen molar-refractivity contribution >= 4 is 9.90 Å². The van der Waals surface area contributed by atoms with Crippen LogP contribution in [0.5, 0.6) is 0 Å². The fourth-order valence-electron chi connectivity index (χ4n) is 0.278. The summed E-state index contributed by atoms with van der Waals surface area (Å²) in [4.78, 5) is 2.86. The quantitative estimate of drug-likeness (QED) is 0.477. The minimum Gasteiger partial charge on any atom is -0.368 e. The molecule has 0 aliphatic rings. The first-order valence-corrected chi connectivity index (χ1v) is 1.58. The molecule has 1 N–H and O–H groups in total. The van der Waals surface area contributed by atoms with E-state index in [0.29, 0.717) is 0 Å². The molecule has 1 rings (SSSR count). The van der Waals surface area contributed by atoms with E-state index in [1.807, 2.05) is 24.5 Å². The normalized spacial score (nSPS) is 6.67. The van der Waals surface area contributed by atoms with E-state index >= 15 is 0 Å². The van der Waals surface area contributed by atoms with Gasteiger partial charge in [0.05, 0.1) is 0 Å². The molecule has 1 aromatic heterocycles. The number of H-pyrrole nitrogens is 1. The van der Waals surface area contributed by atoms with E-state index in [1.54, 1.807) is 0 Å². The molecular formula is C4H5NP. The fraction of sp³-hybridized carbons (Fsp3) is 0. The summed E-state index contributed by atoms with van der Waals surface area (Å²) in [6.07, 6.45) is 3.75. The molecule has 1 aromatic rings. The molecule has 0 saturated heterocycles. The molecule has 0 aliphatic heterocycles. The van der Waals surface area contributed by atoms with Gasteiger partial charge >= 0.3 is 0 Å². The Labute approximate surface area is 40.4 Å². The Kier molecular flexibility index (Phi) is 2.78. The van der Waals surface area contributed by atoms with Crippen LogP contribution < -0.4 is 0 Å². The van der Waals surface area contributed by atoms with E-state index < -0.39 is 0 Å². The predicted molar refractivity (Wildman–Crippen MR) is 27.7 cm³/mol. The van der Waals surface area contributed by atoms with Crippen molar-refractivity contribution in [2.24, 2.45) is 0 Å². The highest BCUT2D eigenvalue weighted by molar-refractivity contribution is 6.92. The number of nitrogens with one attached hydrogen (secondary N) is 1. The third-order valence-electron chi connectivity index (χ3n) is 0.496. The van der Waals surface area contributed by atoms with Crippen molar-refractivity contribution in [2.45, 2.75) is 0 Å². The molecule has 0 bridgehead atoms. The van der Waals surface area contributed by atoms with Gasteiger partial charge in [-0.1, -0.05) is 0 Å². The van der Waals surface area contributed by atoms with Crippen LogP contribution in [0.1, 0.15) is 0 Å². The second-order valence-corrected chi connectivity index (χ2v) is 0.885. The summed E-state index contributed by atoms with van der Waals surface area (Å²) in [5, 5.41) is 0. The third-order valence-corrected chi connectivity index (χ3v) is 0.496. The van der Waals surface area contributed by atoms with Crippen molar-refractivity contribution in [2.75, 3.05) is 0 Å². The van der Waals surface area contributed by atoms with Crippen molar-refractivity contribution in [3.8, 4) is 0 Å². The van der Waals surface area contributed by atoms with Crippen molar-refractivity contribution in [3.05, 3.63) is 24.5 Å². The lowest BCUT2D eigenvalue weighted by Gasteiger charge is -1.49. The van der Waals surface area contributed by atoms with E-state index in [9.17, 15) is 0 Å². The zero-order valence-electron chi connectivity index (χ0n) is 3.26. The highest BCUT2D eigenvalue weighted by Gasteiger charge is 1.55. The van der Waals surface area contributed by atoms with Gasteiger partial charge in [0.25, 0.3) is 0 Å². The van der Waals surface area contributed by atoms with Gasteiger partial charge in [-0.3, -0.25) is 0 Å². The van der Waals surface area contributed by atoms with Crippen molar-refractivity contribution < 1.29 is 0 Å². The lowest BCUT2D eigenvalue weighted by Crippen LogP contribution is -1.38. The average Bonchev–Trinajstić information content (AvgIpc) is 1.76. The molecule has 31 valence electrons. The van der Waals surface area contributed by atoms with Gasteiger partial charge in [-0.15, -0.1) is 0 Å². The van der Waals surface area contributed by atoms with Gasteiger partial charge in [0.1, 0.15) is 0 Å². The summed E-state index contributed by atoms with van der Waals surface area (Å²) in [7, 11) is 0. The fourth-order valence-corrected chi connectivity index (χ4v) is 0.278. The minimum absolute atomic E-state index is 0. The summed E-state index contributed by atoms with van der Waals surface area (Å²) in [5.41, 5.74) is 0. The van der Waals surface area contributed by atoms with Gasteiger partial charge in [0.2, 0.25) is 0 Å². The SMILES string of the molecule is [P].c1cc[nH]c1. The van der Waals surface area contributed by atoms with Crippen LogP contribution in [-0.2, 0) is 0 Å². The van der Waals surface area contributed by atoms with E-state index in [4.69, 9.17) is 0 Å². The molecule has 1 heterocycles. The molecule has 0 fully saturated rings. The molecular weight excluding hydrogens is 93.0 g/mol. The van der Waals surface area contributed by atoms with E-state index in [-0.39, 0.29) is 9.90 Å². The molecule has 1 nitrogen and oxygen atoms in total. The first-order chi connectivity index (χ1) is 2.50. The van der Waals surface area contributed by atoms with Crippen LogP contribution in [0.25, 0.3) is 0 Å². The number of hydrogen-bond acceptors (Lipinski definition) is 0. The van der Waals surface area contributed by atoms with Crippen LogP contribution in [0.4, 0.5) is 0 Å². The van der Waals surface area contributed by atoms with Crippen LogP contribution in [0, 0.1) is 0 Å². The van der Waals surface area contributed by atoms with Crippen LogP contribution in [0.3, 0.4) is 0 Å². The third kappa shape index (κ3) is 1.23. The Balaban J connectivity index is 0.000000250. The minimum atomic E-state index is 0. The highest BCUT2D eigenvalue weighted by Crippen LogP contribution is 1.72. The maximum atomic E-state index is 2.86. The Morgan fingerprint density at radius 2 is 1.50 bits per heavy atom. The summed E-state index contributed by atoms with van der Waals surface area (Å²) in [6.45, 7) is 0. The number of hydrogen-bond donors (Lipinski definition) is 1. The molecule has 2 heteroatoms. The van der Waals surface area contributed by atoms with Gasteiger partial charge in [0, 0.05) is 22.3 Å². The Morgan fingerprint density at radius 3 is 1.67 bits per heavy atom. The second kappa shape index (κ2) is 2.92. The summed E-state index contributed by atoms with van der Waals surface area (Å²) in [5.74, 6) is 0. The van der Waals surface area contributed by atoms with Gasteiger partial charge in [-0.25, -0.2) is 0 Å². The van der Waals surface area contributed by atoms with Gasteiger partial charge in [0.15, 0.2) is 0 Å². The summed E-state index contributed by atoms with van der Waals surface area (Å²) in [6, 6.07) is 3.89. The predicted octanol–water partition coefficient (Wildman–Crippen LogP) is 1.88. The number of aromatic nitrogens is 1. The average molecular weight is 98.1 g/mol. The van der Waals surface area contributed by atoms with E-state index in [2.05, 4.69) is 4.98 Å². The zero-order chi connectivity index (χ0) is 3.54. The molecule has 3 radical (unpaired) electrons. The smallest absolute Gasteiger partial charge is 0.000496 e. The van der Waals surface area contributed by atoms with Crippen molar-refractivity contribution in [3.63, 3.8) is 0 Å². The summed E-state index contributed by atoms with van der Waals surface area (Å²) >= 11 is 0. The maximum absolute atomic E-state index is 2.86. The van der Waals surface area contributed by atoms with Crippen LogP contribution >= 0.6 is 9.90 Å². The molecule has 6 heavy (non-hydrogen) atoms. The van der Waals surface area contributed by atoms with E-state index in [1.165, 1.54) is 0 Å². The standard InChI is InChI=1S/C4H5N.P/c1-2-4-5-3-1;/h1-5H;. The van der Waals surface area contributed by atoms with Gasteiger partial charge in [-0.2, -0.15) is 0 Å². The Bertz CT molecular complexity index is 64.0. The Hall–Kier alpha value is -0.290. The molecule has 0 spiro atoms. The van der Waals surface area contributed by atoms with Gasteiger partial charge < -0.3 is 4.98 Å². The highest BCUT2D eigenvalue weighted by atomic mass is 31.0. The zero-order valence-corrected chi connectivity index (χ0v) is 4.15. The molecule has 0 aromatic carbocycles. The Morgan fingerprint density at radius 1 is 1.00 bits per heavy atom. The van der Waals surface area contributed by atoms with Crippen LogP contribution in [0.2, 0.25) is 0 Å². The maximum Gasteiger partial charge on any atom is 0.000496 e. The van der Waals surface area contributed by atoms with E-state index in [0.717, 1.165) is 0 Å². The molecule has 0 aliphatic carbocycles. The van der Waals surface area contributed by atoms with Crippen molar-refractivity contribution in [1.29, 1.82) is 0 Å². The molecule has 0 amide bonds. The lowest BCUT2D eigenvalue weighted by molar-refractivity contribution is 1.42. The number of rotatable bonds is 0. The number of aromatic amines is 1.